The second kappa shape index (κ2) is 6.89. The van der Waals surface area contributed by atoms with Gasteiger partial charge in [0.2, 0.25) is 5.91 Å². The van der Waals surface area contributed by atoms with Crippen LogP contribution in [0.25, 0.3) is 0 Å². The van der Waals surface area contributed by atoms with Gasteiger partial charge in [-0.15, -0.1) is 0 Å². The molecule has 0 aliphatic carbocycles. The number of hydrogen-bond donors (Lipinski definition) is 1. The topological polar surface area (TPSA) is 66.5 Å². The number of fused-ring (bicyclic) bond motifs is 1. The van der Waals surface area contributed by atoms with E-state index in [2.05, 4.69) is 19.2 Å². The molecule has 1 N–H and O–H groups in total. The summed E-state index contributed by atoms with van der Waals surface area (Å²) in [4.78, 5) is 37.8. The van der Waals surface area contributed by atoms with Gasteiger partial charge in [-0.2, -0.15) is 0 Å². The number of imide groups is 1. The van der Waals surface area contributed by atoms with E-state index in [-0.39, 0.29) is 6.54 Å². The van der Waals surface area contributed by atoms with E-state index in [9.17, 15) is 14.4 Å². The maximum atomic E-state index is 12.3. The first-order chi connectivity index (χ1) is 12.0. The molecular formula is C20H20N2O3. The second-order valence-electron chi connectivity index (χ2n) is 6.22. The number of benzene rings is 2. The second-order valence-corrected chi connectivity index (χ2v) is 6.22. The molecule has 1 atom stereocenters. The highest BCUT2D eigenvalue weighted by molar-refractivity contribution is 6.22. The molecule has 1 aliphatic rings. The van der Waals surface area contributed by atoms with Crippen molar-refractivity contribution in [2.24, 2.45) is 0 Å². The summed E-state index contributed by atoms with van der Waals surface area (Å²) in [5.74, 6) is -0.792. The van der Waals surface area contributed by atoms with Gasteiger partial charge in [-0.05, 0) is 42.2 Å². The number of nitrogens with one attached hydrogen (secondary N) is 1. The fourth-order valence-electron chi connectivity index (χ4n) is 2.86. The number of carbonyl (C=O) groups excluding carboxylic acids is 3. The van der Waals surface area contributed by atoms with E-state index in [1.807, 2.05) is 24.3 Å². The van der Waals surface area contributed by atoms with Gasteiger partial charge in [0.1, 0.15) is 6.54 Å². The predicted octanol–water partition coefficient (Wildman–Crippen LogP) is 3.43. The van der Waals surface area contributed by atoms with Crippen LogP contribution in [0.4, 0.5) is 5.69 Å². The van der Waals surface area contributed by atoms with Crippen molar-refractivity contribution in [2.75, 3.05) is 11.9 Å². The molecule has 5 heteroatoms. The molecule has 25 heavy (non-hydrogen) atoms. The standard InChI is InChI=1S/C20H20N2O3/c1-3-13(2)14-8-10-15(11-9-14)21-18(23)12-22-19(24)16-6-4-5-7-17(16)20(22)25/h4-11,13H,3,12H2,1-2H3,(H,21,23)/t13-/m0/s1. The molecule has 0 saturated heterocycles. The maximum absolute atomic E-state index is 12.3. The minimum absolute atomic E-state index is 0.292. The van der Waals surface area contributed by atoms with Crippen LogP contribution in [0.2, 0.25) is 0 Å². The number of hydrogen-bond acceptors (Lipinski definition) is 3. The molecular weight excluding hydrogens is 316 g/mol. The summed E-state index contributed by atoms with van der Waals surface area (Å²) >= 11 is 0. The molecule has 0 spiro atoms. The molecule has 128 valence electrons. The van der Waals surface area contributed by atoms with Gasteiger partial charge in [0.25, 0.3) is 11.8 Å². The van der Waals surface area contributed by atoms with Crippen molar-refractivity contribution in [3.8, 4) is 0 Å². The SMILES string of the molecule is CC[C@H](C)c1ccc(NC(=O)CN2C(=O)c3ccccc3C2=O)cc1. The Labute approximate surface area is 146 Å². The quantitative estimate of drug-likeness (QED) is 0.851. The Balaban J connectivity index is 1.66. The molecule has 2 aromatic rings. The van der Waals surface area contributed by atoms with Gasteiger partial charge in [-0.25, -0.2) is 0 Å². The van der Waals surface area contributed by atoms with Gasteiger partial charge in [0, 0.05) is 5.69 Å². The molecule has 0 unspecified atom stereocenters. The molecule has 5 nitrogen and oxygen atoms in total. The van der Waals surface area contributed by atoms with Crippen molar-refractivity contribution >= 4 is 23.4 Å². The molecule has 0 saturated carbocycles. The van der Waals surface area contributed by atoms with Gasteiger partial charge in [-0.1, -0.05) is 38.1 Å². The number of rotatable bonds is 5. The Hall–Kier alpha value is -2.95. The average molecular weight is 336 g/mol. The summed E-state index contributed by atoms with van der Waals surface area (Å²) in [5, 5.41) is 2.74. The molecule has 1 heterocycles. The predicted molar refractivity (Wildman–Crippen MR) is 95.6 cm³/mol. The Kier molecular flexibility index (Phi) is 4.65. The van der Waals surface area contributed by atoms with E-state index >= 15 is 0 Å². The maximum Gasteiger partial charge on any atom is 0.262 e. The van der Waals surface area contributed by atoms with Gasteiger partial charge >= 0.3 is 0 Å². The van der Waals surface area contributed by atoms with Crippen LogP contribution in [-0.2, 0) is 4.79 Å². The van der Waals surface area contributed by atoms with Crippen LogP contribution in [0.15, 0.2) is 48.5 Å². The zero-order valence-corrected chi connectivity index (χ0v) is 14.3. The lowest BCUT2D eigenvalue weighted by molar-refractivity contribution is -0.116. The summed E-state index contributed by atoms with van der Waals surface area (Å²) in [6, 6.07) is 14.2. The number of nitrogens with zero attached hydrogens (tertiary/aromatic N) is 1. The third-order valence-electron chi connectivity index (χ3n) is 4.56. The van der Waals surface area contributed by atoms with Crippen molar-refractivity contribution in [2.45, 2.75) is 26.2 Å². The zero-order chi connectivity index (χ0) is 18.0. The Bertz CT molecular complexity index is 792. The lowest BCUT2D eigenvalue weighted by atomic mass is 9.99. The van der Waals surface area contributed by atoms with Gasteiger partial charge < -0.3 is 5.32 Å². The van der Waals surface area contributed by atoms with Crippen LogP contribution < -0.4 is 5.32 Å². The van der Waals surface area contributed by atoms with E-state index in [1.165, 1.54) is 5.56 Å². The molecule has 0 fully saturated rings. The molecule has 2 aromatic carbocycles. The van der Waals surface area contributed by atoms with E-state index in [4.69, 9.17) is 0 Å². The largest absolute Gasteiger partial charge is 0.325 e. The van der Waals surface area contributed by atoms with E-state index < -0.39 is 17.7 Å². The monoisotopic (exact) mass is 336 g/mol. The van der Waals surface area contributed by atoms with Crippen LogP contribution in [0, 0.1) is 0 Å². The molecule has 1 aliphatic heterocycles. The summed E-state index contributed by atoms with van der Waals surface area (Å²) < 4.78 is 0. The number of amides is 3. The minimum atomic E-state index is -0.428. The minimum Gasteiger partial charge on any atom is -0.325 e. The zero-order valence-electron chi connectivity index (χ0n) is 14.3. The molecule has 0 radical (unpaired) electrons. The summed E-state index contributed by atoms with van der Waals surface area (Å²) in [6.07, 6.45) is 1.05. The first-order valence-electron chi connectivity index (χ1n) is 8.36. The fourth-order valence-corrected chi connectivity index (χ4v) is 2.86. The summed E-state index contributed by atoms with van der Waals surface area (Å²) in [7, 11) is 0. The van der Waals surface area contributed by atoms with Crippen LogP contribution in [-0.4, -0.2) is 29.2 Å². The number of anilines is 1. The summed E-state index contributed by atoms with van der Waals surface area (Å²) in [6.45, 7) is 3.98. The van der Waals surface area contributed by atoms with Gasteiger partial charge in [0.15, 0.2) is 0 Å². The van der Waals surface area contributed by atoms with Crippen LogP contribution in [0.3, 0.4) is 0 Å². The van der Waals surface area contributed by atoms with Crippen molar-refractivity contribution in [1.29, 1.82) is 0 Å². The number of carbonyl (C=O) groups is 3. The van der Waals surface area contributed by atoms with Crippen LogP contribution >= 0.6 is 0 Å². The molecule has 0 aromatic heterocycles. The lowest BCUT2D eigenvalue weighted by Crippen LogP contribution is -2.37. The van der Waals surface area contributed by atoms with Crippen molar-refractivity contribution in [1.82, 2.24) is 4.90 Å². The van der Waals surface area contributed by atoms with Crippen molar-refractivity contribution in [3.05, 3.63) is 65.2 Å². The molecule has 0 bridgehead atoms. The van der Waals surface area contributed by atoms with Crippen LogP contribution in [0.1, 0.15) is 52.5 Å². The van der Waals surface area contributed by atoms with Gasteiger partial charge in [0.05, 0.1) is 11.1 Å². The van der Waals surface area contributed by atoms with E-state index in [0.29, 0.717) is 22.7 Å². The third-order valence-corrected chi connectivity index (χ3v) is 4.56. The fraction of sp³-hybridized carbons (Fsp3) is 0.250. The summed E-state index contributed by atoms with van der Waals surface area (Å²) in [5.41, 5.74) is 2.55. The normalized spacial score (nSPS) is 14.4. The van der Waals surface area contributed by atoms with Gasteiger partial charge in [-0.3, -0.25) is 19.3 Å². The van der Waals surface area contributed by atoms with E-state index in [0.717, 1.165) is 11.3 Å². The Morgan fingerprint density at radius 3 is 2.08 bits per heavy atom. The molecule has 3 amide bonds. The molecule has 3 rings (SSSR count). The highest BCUT2D eigenvalue weighted by atomic mass is 16.2. The first kappa shape index (κ1) is 16.9. The Morgan fingerprint density at radius 2 is 1.56 bits per heavy atom. The van der Waals surface area contributed by atoms with E-state index in [1.54, 1.807) is 24.3 Å². The highest BCUT2D eigenvalue weighted by Crippen LogP contribution is 2.23. The third kappa shape index (κ3) is 3.31. The average Bonchev–Trinajstić information content (AvgIpc) is 2.87. The highest BCUT2D eigenvalue weighted by Gasteiger charge is 2.36. The van der Waals surface area contributed by atoms with Crippen molar-refractivity contribution in [3.63, 3.8) is 0 Å². The first-order valence-corrected chi connectivity index (χ1v) is 8.36. The van der Waals surface area contributed by atoms with Crippen LogP contribution in [0.5, 0.6) is 0 Å². The smallest absolute Gasteiger partial charge is 0.262 e. The Morgan fingerprint density at radius 1 is 1.00 bits per heavy atom. The lowest BCUT2D eigenvalue weighted by Gasteiger charge is -2.14. The van der Waals surface area contributed by atoms with Crippen molar-refractivity contribution < 1.29 is 14.4 Å².